The van der Waals surface area contributed by atoms with Gasteiger partial charge in [0.25, 0.3) is 0 Å². The minimum atomic E-state index is -4.48. The Labute approximate surface area is 186 Å². The van der Waals surface area contributed by atoms with Crippen LogP contribution in [0.1, 0.15) is 31.9 Å². The number of nitrogens with one attached hydrogen (secondary N) is 1. The number of amides is 2. The molecule has 1 saturated heterocycles. The Morgan fingerprint density at radius 1 is 1.19 bits per heavy atom. The summed E-state index contributed by atoms with van der Waals surface area (Å²) in [7, 11) is 1.66. The van der Waals surface area contributed by atoms with Gasteiger partial charge in [-0.2, -0.15) is 13.2 Å². The second-order valence-corrected chi connectivity index (χ2v) is 8.69. The van der Waals surface area contributed by atoms with Crippen LogP contribution in [0.5, 0.6) is 0 Å². The van der Waals surface area contributed by atoms with Crippen molar-refractivity contribution in [2.24, 2.45) is 0 Å². The molecular formula is C23H29F3N4O2. The van der Waals surface area contributed by atoms with E-state index in [4.69, 9.17) is 4.74 Å². The second kappa shape index (κ2) is 9.36. The van der Waals surface area contributed by atoms with Crippen molar-refractivity contribution in [3.63, 3.8) is 0 Å². The molecule has 2 heterocycles. The summed E-state index contributed by atoms with van der Waals surface area (Å²) in [5.74, 6) is -0.0961. The van der Waals surface area contributed by atoms with Crippen molar-refractivity contribution in [3.8, 4) is 0 Å². The van der Waals surface area contributed by atoms with Crippen molar-refractivity contribution >= 4 is 17.5 Å². The summed E-state index contributed by atoms with van der Waals surface area (Å²) in [6.45, 7) is 7.37. The van der Waals surface area contributed by atoms with Crippen LogP contribution in [0.15, 0.2) is 42.6 Å². The molecule has 0 spiro atoms. The molecule has 0 aliphatic carbocycles. The molecule has 0 unspecified atom stereocenters. The van der Waals surface area contributed by atoms with Crippen LogP contribution in [0.3, 0.4) is 0 Å². The number of pyridine rings is 1. The Balaban J connectivity index is 1.65. The number of halogens is 3. The van der Waals surface area contributed by atoms with Crippen LogP contribution in [-0.2, 0) is 16.3 Å². The zero-order valence-electron chi connectivity index (χ0n) is 18.7. The minimum absolute atomic E-state index is 0.0961. The number of carbonyl (C=O) groups excluding carboxylic acids is 1. The summed E-state index contributed by atoms with van der Waals surface area (Å²) in [5.41, 5.74) is 0.838. The van der Waals surface area contributed by atoms with Crippen LogP contribution >= 0.6 is 0 Å². The quantitative estimate of drug-likeness (QED) is 0.713. The van der Waals surface area contributed by atoms with Gasteiger partial charge in [0.2, 0.25) is 0 Å². The lowest BCUT2D eigenvalue weighted by atomic mass is 9.85. The Bertz CT molecular complexity index is 932. The number of hydrogen-bond acceptors (Lipinski definition) is 4. The summed E-state index contributed by atoms with van der Waals surface area (Å²) >= 11 is 0. The number of piperazine rings is 1. The molecule has 1 aliphatic rings. The molecular weight excluding hydrogens is 421 g/mol. The van der Waals surface area contributed by atoms with Gasteiger partial charge in [-0.1, -0.05) is 26.0 Å². The third-order valence-corrected chi connectivity index (χ3v) is 5.70. The first-order valence-corrected chi connectivity index (χ1v) is 10.5. The fourth-order valence-corrected chi connectivity index (χ4v) is 3.97. The molecule has 2 aromatic rings. The Morgan fingerprint density at radius 2 is 1.88 bits per heavy atom. The number of anilines is 2. The molecule has 32 heavy (non-hydrogen) atoms. The number of benzene rings is 1. The maximum absolute atomic E-state index is 13.3. The largest absolute Gasteiger partial charge is 0.419 e. The van der Waals surface area contributed by atoms with Gasteiger partial charge >= 0.3 is 12.2 Å². The predicted molar refractivity (Wildman–Crippen MR) is 118 cm³/mol. The van der Waals surface area contributed by atoms with Gasteiger partial charge in [-0.15, -0.1) is 0 Å². The van der Waals surface area contributed by atoms with Gasteiger partial charge in [-0.25, -0.2) is 9.78 Å². The first-order valence-electron chi connectivity index (χ1n) is 10.5. The molecule has 174 valence electrons. The maximum Gasteiger partial charge on any atom is 0.419 e. The van der Waals surface area contributed by atoms with E-state index in [1.807, 2.05) is 31.2 Å². The monoisotopic (exact) mass is 450 g/mol. The van der Waals surface area contributed by atoms with Crippen molar-refractivity contribution in [1.29, 1.82) is 0 Å². The SMILES string of the molecule is COCC(C)(C)c1ccc(NC(=O)N2CCN(c3ncccc3C(F)(F)F)C[C@H]2C)cc1. The normalized spacial score (nSPS) is 17.4. The Kier molecular flexibility index (Phi) is 6.97. The lowest BCUT2D eigenvalue weighted by Crippen LogP contribution is -2.55. The average Bonchev–Trinajstić information content (AvgIpc) is 2.73. The van der Waals surface area contributed by atoms with E-state index in [2.05, 4.69) is 24.1 Å². The van der Waals surface area contributed by atoms with Gasteiger partial charge in [0.05, 0.1) is 12.2 Å². The average molecular weight is 451 g/mol. The molecule has 0 bridgehead atoms. The number of rotatable bonds is 5. The fraction of sp³-hybridized carbons (Fsp3) is 0.478. The standard InChI is InChI=1S/C23H29F3N4O2/c1-16-14-29(20-19(23(24,25)26)6-5-11-27-20)12-13-30(16)21(31)28-18-9-7-17(8-10-18)22(2,3)15-32-4/h5-11,16H,12-15H2,1-4H3,(H,28,31)/t16-/m1/s1. The number of hydrogen-bond donors (Lipinski definition) is 1. The van der Waals surface area contributed by atoms with Crippen LogP contribution < -0.4 is 10.2 Å². The zero-order valence-corrected chi connectivity index (χ0v) is 18.7. The topological polar surface area (TPSA) is 57.7 Å². The smallest absolute Gasteiger partial charge is 0.384 e. The van der Waals surface area contributed by atoms with Crippen LogP contribution in [0.25, 0.3) is 0 Å². The lowest BCUT2D eigenvalue weighted by Gasteiger charge is -2.40. The lowest BCUT2D eigenvalue weighted by molar-refractivity contribution is -0.137. The summed E-state index contributed by atoms with van der Waals surface area (Å²) < 4.78 is 45.3. The molecule has 1 aromatic heterocycles. The molecule has 2 amide bonds. The van der Waals surface area contributed by atoms with E-state index in [0.29, 0.717) is 18.8 Å². The van der Waals surface area contributed by atoms with Gasteiger partial charge < -0.3 is 19.9 Å². The fourth-order valence-electron chi connectivity index (χ4n) is 3.97. The highest BCUT2D eigenvalue weighted by molar-refractivity contribution is 5.89. The molecule has 6 nitrogen and oxygen atoms in total. The van der Waals surface area contributed by atoms with Gasteiger partial charge in [0.1, 0.15) is 5.82 Å². The highest BCUT2D eigenvalue weighted by Gasteiger charge is 2.37. The Morgan fingerprint density at radius 3 is 2.47 bits per heavy atom. The van der Waals surface area contributed by atoms with E-state index >= 15 is 0 Å². The highest BCUT2D eigenvalue weighted by Crippen LogP contribution is 2.35. The molecule has 1 aromatic carbocycles. The third kappa shape index (κ3) is 5.32. The van der Waals surface area contributed by atoms with E-state index < -0.39 is 11.7 Å². The van der Waals surface area contributed by atoms with Gasteiger partial charge in [0.15, 0.2) is 0 Å². The first kappa shape index (κ1) is 23.8. The number of carbonyl (C=O) groups is 1. The van der Waals surface area contributed by atoms with E-state index in [-0.39, 0.29) is 36.4 Å². The van der Waals surface area contributed by atoms with Crippen molar-refractivity contribution in [3.05, 3.63) is 53.7 Å². The maximum atomic E-state index is 13.3. The van der Waals surface area contributed by atoms with Crippen molar-refractivity contribution in [2.75, 3.05) is 43.6 Å². The third-order valence-electron chi connectivity index (χ3n) is 5.70. The minimum Gasteiger partial charge on any atom is -0.384 e. The van der Waals surface area contributed by atoms with E-state index in [1.54, 1.807) is 16.9 Å². The molecule has 1 fully saturated rings. The van der Waals surface area contributed by atoms with Crippen LogP contribution in [0, 0.1) is 0 Å². The molecule has 0 radical (unpaired) electrons. The van der Waals surface area contributed by atoms with E-state index in [1.165, 1.54) is 12.3 Å². The molecule has 1 atom stereocenters. The number of ether oxygens (including phenoxy) is 1. The van der Waals surface area contributed by atoms with Crippen molar-refractivity contribution < 1.29 is 22.7 Å². The number of urea groups is 1. The van der Waals surface area contributed by atoms with Crippen molar-refractivity contribution in [1.82, 2.24) is 9.88 Å². The van der Waals surface area contributed by atoms with Gasteiger partial charge in [-0.3, -0.25) is 0 Å². The number of nitrogens with zero attached hydrogens (tertiary/aromatic N) is 3. The summed E-state index contributed by atoms with van der Waals surface area (Å²) in [4.78, 5) is 20.0. The van der Waals surface area contributed by atoms with E-state index in [0.717, 1.165) is 11.6 Å². The summed E-state index contributed by atoms with van der Waals surface area (Å²) in [6.07, 6.45) is -3.13. The predicted octanol–water partition coefficient (Wildman–Crippen LogP) is 4.77. The first-order chi connectivity index (χ1) is 15.0. The van der Waals surface area contributed by atoms with Crippen LogP contribution in [0.4, 0.5) is 29.5 Å². The van der Waals surface area contributed by atoms with Gasteiger partial charge in [0, 0.05) is 50.1 Å². The Hall–Kier alpha value is -2.81. The van der Waals surface area contributed by atoms with Gasteiger partial charge in [-0.05, 0) is 36.8 Å². The molecule has 9 heteroatoms. The van der Waals surface area contributed by atoms with E-state index in [9.17, 15) is 18.0 Å². The number of aromatic nitrogens is 1. The zero-order chi connectivity index (χ0) is 23.5. The molecule has 3 rings (SSSR count). The summed E-state index contributed by atoms with van der Waals surface area (Å²) in [6, 6.07) is 9.34. The molecule has 1 aliphatic heterocycles. The van der Waals surface area contributed by atoms with Crippen molar-refractivity contribution in [2.45, 2.75) is 38.4 Å². The molecule has 0 saturated carbocycles. The highest BCUT2D eigenvalue weighted by atomic mass is 19.4. The number of alkyl halides is 3. The van der Waals surface area contributed by atoms with Crippen LogP contribution in [-0.4, -0.2) is 55.3 Å². The second-order valence-electron chi connectivity index (χ2n) is 8.69. The summed E-state index contributed by atoms with van der Waals surface area (Å²) in [5, 5.41) is 2.88. The molecule has 1 N–H and O–H groups in total. The van der Waals surface area contributed by atoms with Crippen LogP contribution in [0.2, 0.25) is 0 Å². The number of methoxy groups -OCH3 is 1.